The van der Waals surface area contributed by atoms with Gasteiger partial charge in [0.25, 0.3) is 0 Å². The Balaban J connectivity index is 3.12. The number of carbonyl (C=O) groups excluding carboxylic acids is 1. The van der Waals surface area contributed by atoms with Gasteiger partial charge in [-0.25, -0.2) is 4.79 Å². The highest BCUT2D eigenvalue weighted by molar-refractivity contribution is 7.23. The molecule has 1 heterocycles. The lowest BCUT2D eigenvalue weighted by atomic mass is 9.90. The van der Waals surface area contributed by atoms with Gasteiger partial charge in [0.1, 0.15) is 20.6 Å². The van der Waals surface area contributed by atoms with Crippen molar-refractivity contribution in [3.63, 3.8) is 0 Å². The van der Waals surface area contributed by atoms with E-state index in [1.165, 1.54) is 0 Å². The minimum Gasteiger partial charge on any atom is -0.462 e. The van der Waals surface area contributed by atoms with Crippen LogP contribution in [0.4, 0.5) is 5.69 Å². The van der Waals surface area contributed by atoms with Crippen molar-refractivity contribution >= 4 is 48.9 Å². The van der Waals surface area contributed by atoms with Crippen LogP contribution in [-0.4, -0.2) is 42.4 Å². The Morgan fingerprint density at radius 2 is 2.07 bits per heavy atom. The van der Waals surface area contributed by atoms with Gasteiger partial charge in [0.05, 0.1) is 6.61 Å². The van der Waals surface area contributed by atoms with Crippen LogP contribution < -0.4 is 15.1 Å². The van der Waals surface area contributed by atoms with Crippen molar-refractivity contribution in [2.24, 2.45) is 0 Å². The molecule has 15 heavy (non-hydrogen) atoms. The highest BCUT2D eigenvalue weighted by Gasteiger charge is 2.18. The summed E-state index contributed by atoms with van der Waals surface area (Å²) in [7, 11) is 15.2. The van der Waals surface area contributed by atoms with Gasteiger partial charge in [-0.05, 0) is 17.2 Å². The van der Waals surface area contributed by atoms with E-state index in [1.54, 1.807) is 11.8 Å². The van der Waals surface area contributed by atoms with Crippen molar-refractivity contribution in [1.82, 2.24) is 0 Å². The van der Waals surface area contributed by atoms with E-state index in [2.05, 4.69) is 0 Å². The third kappa shape index (κ3) is 2.37. The molecule has 1 rings (SSSR count). The van der Waals surface area contributed by atoms with E-state index in [-0.39, 0.29) is 0 Å². The quantitative estimate of drug-likeness (QED) is 0.510. The average Bonchev–Trinajstić information content (AvgIpc) is 2.42. The normalized spacial score (nSPS) is 10.1. The number of rotatable bonds is 3. The zero-order valence-electron chi connectivity index (χ0n) is 9.03. The molecule has 0 N–H and O–H groups in total. The fourth-order valence-corrected chi connectivity index (χ4v) is 2.22. The SMILES string of the molecule is [B]c1sc(C(=O)OCC)c([B])c1N(C)C. The molecule has 0 unspecified atom stereocenters. The summed E-state index contributed by atoms with van der Waals surface area (Å²) in [6.07, 6.45) is 0. The minimum absolute atomic E-state index is 0.327. The van der Waals surface area contributed by atoms with Crippen molar-refractivity contribution in [3.8, 4) is 0 Å². The molecule has 0 bridgehead atoms. The van der Waals surface area contributed by atoms with Gasteiger partial charge in [-0.15, -0.1) is 11.3 Å². The Bertz CT molecular complexity index is 376. The number of anilines is 1. The van der Waals surface area contributed by atoms with Gasteiger partial charge in [-0.2, -0.15) is 0 Å². The van der Waals surface area contributed by atoms with Gasteiger partial charge >= 0.3 is 5.97 Å². The Hall–Kier alpha value is -0.900. The van der Waals surface area contributed by atoms with Gasteiger partial charge < -0.3 is 9.64 Å². The monoisotopic (exact) mass is 219 g/mol. The maximum atomic E-state index is 11.5. The fraction of sp³-hybridized carbons (Fsp3) is 0.444. The van der Waals surface area contributed by atoms with E-state index in [0.29, 0.717) is 27.4 Å². The largest absolute Gasteiger partial charge is 0.462 e. The lowest BCUT2D eigenvalue weighted by Gasteiger charge is -2.14. The molecule has 0 aliphatic rings. The summed E-state index contributed by atoms with van der Waals surface area (Å²) >= 11 is 1.15. The van der Waals surface area contributed by atoms with Crippen LogP contribution in [0.1, 0.15) is 16.6 Å². The highest BCUT2D eigenvalue weighted by Crippen LogP contribution is 2.15. The maximum absolute atomic E-state index is 11.5. The van der Waals surface area contributed by atoms with Crippen molar-refractivity contribution < 1.29 is 9.53 Å². The van der Waals surface area contributed by atoms with Crippen molar-refractivity contribution in [2.75, 3.05) is 25.6 Å². The lowest BCUT2D eigenvalue weighted by molar-refractivity contribution is 0.0533. The topological polar surface area (TPSA) is 29.5 Å². The number of carbonyl (C=O) groups is 1. The third-order valence-electron chi connectivity index (χ3n) is 1.85. The predicted molar refractivity (Wildman–Crippen MR) is 65.4 cm³/mol. The van der Waals surface area contributed by atoms with E-state index in [9.17, 15) is 4.79 Å². The van der Waals surface area contributed by atoms with E-state index < -0.39 is 5.97 Å². The maximum Gasteiger partial charge on any atom is 0.347 e. The molecule has 0 spiro atoms. The van der Waals surface area contributed by atoms with Crippen LogP contribution in [-0.2, 0) is 4.74 Å². The molecule has 1 aromatic heterocycles. The number of thiophene rings is 1. The van der Waals surface area contributed by atoms with Crippen molar-refractivity contribution in [3.05, 3.63) is 4.88 Å². The van der Waals surface area contributed by atoms with Crippen molar-refractivity contribution in [1.29, 1.82) is 0 Å². The standard InChI is InChI=1S/C9H11B2NO2S/c1-4-14-9(13)7-5(10)6(12(2)3)8(11)15-7/h4H2,1-3H3. The molecule has 76 valence electrons. The molecular formula is C9H11B2NO2S. The fourth-order valence-electron chi connectivity index (χ4n) is 1.26. The summed E-state index contributed by atoms with van der Waals surface area (Å²) in [4.78, 5) is 13.6. The van der Waals surface area contributed by atoms with Gasteiger partial charge in [0.15, 0.2) is 0 Å². The van der Waals surface area contributed by atoms with Crippen LogP contribution in [0.15, 0.2) is 0 Å². The summed E-state index contributed by atoms with van der Waals surface area (Å²) in [6, 6.07) is 0. The number of ether oxygens (including phenoxy) is 1. The second-order valence-corrected chi connectivity index (χ2v) is 4.22. The molecular weight excluding hydrogens is 208 g/mol. The van der Waals surface area contributed by atoms with Crippen LogP contribution in [0.5, 0.6) is 0 Å². The summed E-state index contributed by atoms with van der Waals surface area (Å²) in [5.74, 6) is -0.417. The summed E-state index contributed by atoms with van der Waals surface area (Å²) in [6.45, 7) is 2.07. The van der Waals surface area contributed by atoms with Crippen LogP contribution in [0.25, 0.3) is 0 Å². The lowest BCUT2D eigenvalue weighted by Crippen LogP contribution is -2.25. The summed E-state index contributed by atoms with van der Waals surface area (Å²) in [5, 5.41) is 0. The van der Waals surface area contributed by atoms with Crippen molar-refractivity contribution in [2.45, 2.75) is 6.92 Å². The average molecular weight is 219 g/mol. The van der Waals surface area contributed by atoms with E-state index in [4.69, 9.17) is 20.4 Å². The molecule has 0 aliphatic carbocycles. The minimum atomic E-state index is -0.417. The summed E-state index contributed by atoms with van der Waals surface area (Å²) in [5.41, 5.74) is 1.07. The molecule has 6 heteroatoms. The second kappa shape index (κ2) is 4.75. The van der Waals surface area contributed by atoms with Gasteiger partial charge in [0.2, 0.25) is 0 Å². The Kier molecular flexibility index (Phi) is 3.85. The van der Waals surface area contributed by atoms with Crippen LogP contribution in [0.2, 0.25) is 0 Å². The van der Waals surface area contributed by atoms with E-state index in [0.717, 1.165) is 11.3 Å². The Morgan fingerprint density at radius 1 is 1.47 bits per heavy atom. The molecule has 0 saturated heterocycles. The smallest absolute Gasteiger partial charge is 0.347 e. The molecule has 0 atom stereocenters. The van der Waals surface area contributed by atoms with E-state index >= 15 is 0 Å². The first kappa shape index (κ1) is 12.2. The first-order valence-electron chi connectivity index (χ1n) is 4.51. The van der Waals surface area contributed by atoms with Crippen LogP contribution in [0.3, 0.4) is 0 Å². The Labute approximate surface area is 96.2 Å². The highest BCUT2D eigenvalue weighted by atomic mass is 32.1. The van der Waals surface area contributed by atoms with Gasteiger partial charge in [0, 0.05) is 19.8 Å². The number of nitrogens with zero attached hydrogens (tertiary/aromatic N) is 1. The molecule has 4 radical (unpaired) electrons. The summed E-state index contributed by atoms with van der Waals surface area (Å²) < 4.78 is 5.40. The number of hydrogen-bond acceptors (Lipinski definition) is 4. The molecule has 1 aromatic rings. The van der Waals surface area contributed by atoms with Gasteiger partial charge in [-0.3, -0.25) is 0 Å². The number of hydrogen-bond donors (Lipinski definition) is 0. The first-order valence-corrected chi connectivity index (χ1v) is 5.32. The molecule has 0 aliphatic heterocycles. The molecule has 3 nitrogen and oxygen atoms in total. The number of esters is 1. The van der Waals surface area contributed by atoms with E-state index in [1.807, 2.05) is 14.1 Å². The second-order valence-electron chi connectivity index (χ2n) is 3.17. The van der Waals surface area contributed by atoms with Crippen LogP contribution in [0, 0.1) is 0 Å². The van der Waals surface area contributed by atoms with Crippen LogP contribution >= 0.6 is 11.3 Å². The molecule has 0 aromatic carbocycles. The molecule has 0 amide bonds. The third-order valence-corrected chi connectivity index (χ3v) is 2.86. The Morgan fingerprint density at radius 3 is 2.47 bits per heavy atom. The van der Waals surface area contributed by atoms with Gasteiger partial charge in [-0.1, -0.05) is 0 Å². The molecule has 0 saturated carbocycles. The molecule has 0 fully saturated rings. The predicted octanol–water partition coefficient (Wildman–Crippen LogP) is -0.422. The zero-order valence-corrected chi connectivity index (χ0v) is 9.85. The zero-order chi connectivity index (χ0) is 11.6. The first-order chi connectivity index (χ1) is 6.99.